The van der Waals surface area contributed by atoms with Gasteiger partial charge in [0.1, 0.15) is 0 Å². The molecule has 0 unspecified atom stereocenters. The van der Waals surface area contributed by atoms with Crippen LogP contribution in [0.2, 0.25) is 0 Å². The highest BCUT2D eigenvalue weighted by molar-refractivity contribution is 5.94. The van der Waals surface area contributed by atoms with Crippen LogP contribution in [-0.2, 0) is 0 Å². The van der Waals surface area contributed by atoms with Crippen LogP contribution in [0.5, 0.6) is 0 Å². The third kappa shape index (κ3) is 2.83. The number of aromatic nitrogens is 2. The van der Waals surface area contributed by atoms with Crippen molar-refractivity contribution in [3.63, 3.8) is 0 Å². The lowest BCUT2D eigenvalue weighted by atomic mass is 9.81. The van der Waals surface area contributed by atoms with Gasteiger partial charge in [-0.2, -0.15) is 5.10 Å². The van der Waals surface area contributed by atoms with Crippen LogP contribution in [0.3, 0.4) is 0 Å². The van der Waals surface area contributed by atoms with E-state index < -0.39 is 0 Å². The number of nitrogens with one attached hydrogen (secondary N) is 1. The minimum Gasteiger partial charge on any atom is -0.396 e. The third-order valence-electron chi connectivity index (χ3n) is 4.04. The van der Waals surface area contributed by atoms with Gasteiger partial charge in [0.05, 0.1) is 5.69 Å². The summed E-state index contributed by atoms with van der Waals surface area (Å²) in [6.07, 6.45) is 5.35. The first-order chi connectivity index (χ1) is 10.2. The van der Waals surface area contributed by atoms with E-state index >= 15 is 0 Å². The summed E-state index contributed by atoms with van der Waals surface area (Å²) >= 11 is 0. The third-order valence-corrected chi connectivity index (χ3v) is 4.04. The van der Waals surface area contributed by atoms with Crippen LogP contribution in [0.25, 0.3) is 5.69 Å². The van der Waals surface area contributed by atoms with E-state index in [2.05, 4.69) is 10.4 Å². The molecule has 0 radical (unpaired) electrons. The Bertz CT molecular complexity index is 631. The Balaban J connectivity index is 1.69. The van der Waals surface area contributed by atoms with Gasteiger partial charge in [0, 0.05) is 30.6 Å². The molecule has 2 N–H and O–H groups in total. The minimum atomic E-state index is -0.0495. The van der Waals surface area contributed by atoms with Crippen molar-refractivity contribution in [2.24, 2.45) is 5.92 Å². The molecule has 110 valence electrons. The number of amides is 1. The number of hydrogen-bond donors (Lipinski definition) is 2. The largest absolute Gasteiger partial charge is 0.396 e. The molecular formula is C16H19N3O2. The normalized spacial score (nSPS) is 20.9. The fourth-order valence-electron chi connectivity index (χ4n) is 2.74. The molecule has 5 heteroatoms. The summed E-state index contributed by atoms with van der Waals surface area (Å²) in [5.41, 5.74) is 2.64. The van der Waals surface area contributed by atoms with Gasteiger partial charge in [-0.15, -0.1) is 0 Å². The van der Waals surface area contributed by atoms with Crippen molar-refractivity contribution in [3.05, 3.63) is 47.8 Å². The van der Waals surface area contributed by atoms with Crippen LogP contribution < -0.4 is 5.32 Å². The van der Waals surface area contributed by atoms with Gasteiger partial charge in [-0.1, -0.05) is 0 Å². The van der Waals surface area contributed by atoms with Crippen LogP contribution in [0, 0.1) is 12.8 Å². The molecular weight excluding hydrogens is 266 g/mol. The topological polar surface area (TPSA) is 67.2 Å². The molecule has 1 amide bonds. The predicted molar refractivity (Wildman–Crippen MR) is 79.4 cm³/mol. The maximum atomic E-state index is 12.2. The molecule has 1 aromatic heterocycles. The molecule has 0 aliphatic heterocycles. The first-order valence-electron chi connectivity index (χ1n) is 7.19. The van der Waals surface area contributed by atoms with Crippen molar-refractivity contribution >= 4 is 5.91 Å². The van der Waals surface area contributed by atoms with Gasteiger partial charge in [-0.05, 0) is 55.5 Å². The van der Waals surface area contributed by atoms with Crippen LogP contribution in [0.4, 0.5) is 0 Å². The van der Waals surface area contributed by atoms with Crippen molar-refractivity contribution < 1.29 is 9.90 Å². The molecule has 0 saturated heterocycles. The summed E-state index contributed by atoms with van der Waals surface area (Å²) in [5, 5.41) is 16.2. The standard InChI is InChI=1S/C16H19N3O2/c1-11-7-13(3-4-15(11)19-6-2-5-17-19)16(21)18-14-8-12(9-14)10-20/h2-7,12,14,20H,8-10H2,1H3,(H,18,21). The first-order valence-corrected chi connectivity index (χ1v) is 7.19. The lowest BCUT2D eigenvalue weighted by molar-refractivity contribution is 0.0832. The first kappa shape index (κ1) is 13.8. The van der Waals surface area contributed by atoms with E-state index in [9.17, 15) is 4.79 Å². The molecule has 1 saturated carbocycles. The van der Waals surface area contributed by atoms with Crippen LogP contribution in [0.15, 0.2) is 36.7 Å². The molecule has 1 aliphatic rings. The zero-order valence-electron chi connectivity index (χ0n) is 12.0. The zero-order chi connectivity index (χ0) is 14.8. The minimum absolute atomic E-state index is 0.0495. The number of aryl methyl sites for hydroxylation is 1. The summed E-state index contributed by atoms with van der Waals surface area (Å²) < 4.78 is 1.79. The Morgan fingerprint density at radius 1 is 1.48 bits per heavy atom. The van der Waals surface area contributed by atoms with Gasteiger partial charge < -0.3 is 10.4 Å². The van der Waals surface area contributed by atoms with Crippen molar-refractivity contribution in [2.75, 3.05) is 6.61 Å². The highest BCUT2D eigenvalue weighted by atomic mass is 16.3. The number of aliphatic hydroxyl groups is 1. The lowest BCUT2D eigenvalue weighted by Gasteiger charge is -2.34. The van der Waals surface area contributed by atoms with Gasteiger partial charge in [0.25, 0.3) is 5.91 Å². The van der Waals surface area contributed by atoms with E-state index in [-0.39, 0.29) is 18.6 Å². The van der Waals surface area contributed by atoms with E-state index in [0.717, 1.165) is 24.1 Å². The summed E-state index contributed by atoms with van der Waals surface area (Å²) in [6.45, 7) is 2.18. The highest BCUT2D eigenvalue weighted by Gasteiger charge is 2.29. The predicted octanol–water partition coefficient (Wildman–Crippen LogP) is 1.68. The van der Waals surface area contributed by atoms with E-state index in [4.69, 9.17) is 5.11 Å². The highest BCUT2D eigenvalue weighted by Crippen LogP contribution is 2.27. The number of aliphatic hydroxyl groups excluding tert-OH is 1. The number of rotatable bonds is 4. The second-order valence-corrected chi connectivity index (χ2v) is 5.64. The Hall–Kier alpha value is -2.14. The molecule has 0 bridgehead atoms. The van der Waals surface area contributed by atoms with E-state index in [1.54, 1.807) is 10.9 Å². The second kappa shape index (κ2) is 5.69. The molecule has 1 fully saturated rings. The zero-order valence-corrected chi connectivity index (χ0v) is 12.0. The van der Waals surface area contributed by atoms with Crippen molar-refractivity contribution in [2.45, 2.75) is 25.8 Å². The van der Waals surface area contributed by atoms with Crippen LogP contribution in [-0.4, -0.2) is 33.4 Å². The number of benzene rings is 1. The lowest BCUT2D eigenvalue weighted by Crippen LogP contribution is -2.45. The molecule has 1 aliphatic carbocycles. The average molecular weight is 285 g/mol. The van der Waals surface area contributed by atoms with E-state index in [1.165, 1.54) is 0 Å². The Morgan fingerprint density at radius 2 is 2.29 bits per heavy atom. The summed E-state index contributed by atoms with van der Waals surface area (Å²) in [6, 6.07) is 7.68. The second-order valence-electron chi connectivity index (χ2n) is 5.64. The Morgan fingerprint density at radius 3 is 2.90 bits per heavy atom. The maximum Gasteiger partial charge on any atom is 0.251 e. The van der Waals surface area contributed by atoms with Gasteiger partial charge in [-0.3, -0.25) is 4.79 Å². The van der Waals surface area contributed by atoms with Gasteiger partial charge in [0.15, 0.2) is 0 Å². The maximum absolute atomic E-state index is 12.2. The summed E-state index contributed by atoms with van der Waals surface area (Å²) in [5.74, 6) is 0.297. The quantitative estimate of drug-likeness (QED) is 0.898. The van der Waals surface area contributed by atoms with Gasteiger partial charge in [-0.25, -0.2) is 4.68 Å². The Labute approximate surface area is 123 Å². The number of carbonyl (C=O) groups excluding carboxylic acids is 1. The van der Waals surface area contributed by atoms with Crippen molar-refractivity contribution in [3.8, 4) is 5.69 Å². The molecule has 3 rings (SSSR count). The van der Waals surface area contributed by atoms with Crippen LogP contribution in [0.1, 0.15) is 28.8 Å². The number of hydrogen-bond acceptors (Lipinski definition) is 3. The van der Waals surface area contributed by atoms with Crippen LogP contribution >= 0.6 is 0 Å². The molecule has 5 nitrogen and oxygen atoms in total. The van der Waals surface area contributed by atoms with Crippen molar-refractivity contribution in [1.29, 1.82) is 0 Å². The van der Waals surface area contributed by atoms with Gasteiger partial charge in [0.2, 0.25) is 0 Å². The summed E-state index contributed by atoms with van der Waals surface area (Å²) in [4.78, 5) is 12.2. The molecule has 0 spiro atoms. The molecule has 2 aromatic rings. The Kier molecular flexibility index (Phi) is 3.75. The average Bonchev–Trinajstić information content (AvgIpc) is 2.95. The van der Waals surface area contributed by atoms with Crippen molar-refractivity contribution in [1.82, 2.24) is 15.1 Å². The van der Waals surface area contributed by atoms with E-state index in [0.29, 0.717) is 11.5 Å². The number of nitrogens with zero attached hydrogens (tertiary/aromatic N) is 2. The smallest absolute Gasteiger partial charge is 0.251 e. The molecule has 0 atom stereocenters. The van der Waals surface area contributed by atoms with Gasteiger partial charge >= 0.3 is 0 Å². The molecule has 1 heterocycles. The summed E-state index contributed by atoms with van der Waals surface area (Å²) in [7, 11) is 0. The number of carbonyl (C=O) groups is 1. The SMILES string of the molecule is Cc1cc(C(=O)NC2CC(CO)C2)ccc1-n1cccn1. The monoisotopic (exact) mass is 285 g/mol. The molecule has 21 heavy (non-hydrogen) atoms. The fourth-order valence-corrected chi connectivity index (χ4v) is 2.74. The molecule has 1 aromatic carbocycles. The van der Waals surface area contributed by atoms with E-state index in [1.807, 2.05) is 37.4 Å². The fraction of sp³-hybridized carbons (Fsp3) is 0.375.